The minimum atomic E-state index is 0.482. The molecular formula is C9H7Br2Cl. The molecule has 0 fully saturated rings. The molecule has 1 aromatic rings. The highest BCUT2D eigenvalue weighted by molar-refractivity contribution is 9.16. The smallest absolute Gasteiger partial charge is 0.0551 e. The third-order valence-electron chi connectivity index (χ3n) is 1.38. The Morgan fingerprint density at radius 1 is 1.17 bits per heavy atom. The molecule has 0 nitrogen and oxygen atoms in total. The fraction of sp³-hybridized carbons (Fsp3) is 0.111. The van der Waals surface area contributed by atoms with E-state index in [9.17, 15) is 0 Å². The molecule has 64 valence electrons. The predicted molar refractivity (Wildman–Crippen MR) is 61.9 cm³/mol. The van der Waals surface area contributed by atoms with E-state index in [1.54, 1.807) is 0 Å². The molecule has 0 amide bonds. The normalized spacial score (nSPS) is 12.6. The van der Waals surface area contributed by atoms with Gasteiger partial charge in [-0.2, -0.15) is 0 Å². The lowest BCUT2D eigenvalue weighted by atomic mass is 10.2. The lowest BCUT2D eigenvalue weighted by Gasteiger charge is -2.00. The van der Waals surface area contributed by atoms with Crippen LogP contribution in [0.4, 0.5) is 0 Å². The van der Waals surface area contributed by atoms with Crippen LogP contribution in [0, 0.1) is 0 Å². The first-order valence-corrected chi connectivity index (χ1v) is 5.53. The Morgan fingerprint density at radius 2 is 1.75 bits per heavy atom. The van der Waals surface area contributed by atoms with Crippen molar-refractivity contribution in [2.45, 2.75) is 0 Å². The molecule has 0 radical (unpaired) electrons. The highest BCUT2D eigenvalue weighted by Gasteiger charge is 2.01. The van der Waals surface area contributed by atoms with Gasteiger partial charge in [0.05, 0.1) is 5.88 Å². The Hall–Kier alpha value is 0.210. The molecule has 0 aliphatic carbocycles. The van der Waals surface area contributed by atoms with Crippen LogP contribution in [0.2, 0.25) is 0 Å². The second kappa shape index (κ2) is 5.05. The van der Waals surface area contributed by atoms with Gasteiger partial charge in [-0.05, 0) is 21.5 Å². The second-order valence-corrected chi connectivity index (χ2v) is 4.24. The molecule has 0 spiro atoms. The Morgan fingerprint density at radius 3 is 2.25 bits per heavy atom. The van der Waals surface area contributed by atoms with Gasteiger partial charge in [0.25, 0.3) is 0 Å². The molecule has 0 aliphatic rings. The van der Waals surface area contributed by atoms with Crippen LogP contribution in [0.5, 0.6) is 0 Å². The molecule has 0 N–H and O–H groups in total. The van der Waals surface area contributed by atoms with Crippen LogP contribution in [0.25, 0.3) is 4.48 Å². The van der Waals surface area contributed by atoms with Crippen LogP contribution in [0.3, 0.4) is 0 Å². The number of alkyl halides is 1. The molecule has 1 aromatic carbocycles. The van der Waals surface area contributed by atoms with E-state index in [-0.39, 0.29) is 0 Å². The van der Waals surface area contributed by atoms with Crippen molar-refractivity contribution in [1.82, 2.24) is 0 Å². The first-order valence-electron chi connectivity index (χ1n) is 3.41. The van der Waals surface area contributed by atoms with Crippen molar-refractivity contribution in [1.29, 1.82) is 0 Å². The fourth-order valence-corrected chi connectivity index (χ4v) is 1.73. The largest absolute Gasteiger partial charge is 0.121 e. The van der Waals surface area contributed by atoms with Crippen molar-refractivity contribution in [3.05, 3.63) is 40.4 Å². The van der Waals surface area contributed by atoms with Gasteiger partial charge < -0.3 is 0 Å². The van der Waals surface area contributed by atoms with E-state index in [4.69, 9.17) is 11.6 Å². The molecule has 0 bridgehead atoms. The number of hydrogen-bond donors (Lipinski definition) is 0. The quantitative estimate of drug-likeness (QED) is 0.711. The van der Waals surface area contributed by atoms with Gasteiger partial charge in [-0.1, -0.05) is 46.3 Å². The van der Waals surface area contributed by atoms with E-state index in [0.717, 1.165) is 14.5 Å². The van der Waals surface area contributed by atoms with Crippen molar-refractivity contribution in [2.24, 2.45) is 0 Å². The lowest BCUT2D eigenvalue weighted by Crippen LogP contribution is -1.80. The van der Waals surface area contributed by atoms with E-state index >= 15 is 0 Å². The zero-order valence-corrected chi connectivity index (χ0v) is 10.2. The summed E-state index contributed by atoms with van der Waals surface area (Å²) in [6, 6.07) is 10.0. The Bertz CT molecular complexity index is 280. The highest BCUT2D eigenvalue weighted by Crippen LogP contribution is 2.28. The van der Waals surface area contributed by atoms with E-state index in [1.807, 2.05) is 30.3 Å². The summed E-state index contributed by atoms with van der Waals surface area (Å²) in [5.41, 5.74) is 1.13. The average Bonchev–Trinajstić information content (AvgIpc) is 2.17. The van der Waals surface area contributed by atoms with Crippen molar-refractivity contribution in [3.8, 4) is 0 Å². The number of rotatable bonds is 2. The van der Waals surface area contributed by atoms with E-state index in [1.165, 1.54) is 0 Å². The molecule has 0 unspecified atom stereocenters. The van der Waals surface area contributed by atoms with Crippen molar-refractivity contribution in [3.63, 3.8) is 0 Å². The molecule has 0 heterocycles. The van der Waals surface area contributed by atoms with Crippen LogP contribution < -0.4 is 0 Å². The Balaban J connectivity index is 3.00. The SMILES string of the molecule is ClC/C(Br)=C(\Br)c1ccccc1. The number of benzene rings is 1. The second-order valence-electron chi connectivity index (χ2n) is 2.22. The average molecular weight is 310 g/mol. The van der Waals surface area contributed by atoms with Crippen LogP contribution in [-0.2, 0) is 0 Å². The third-order valence-corrected chi connectivity index (χ3v) is 4.12. The van der Waals surface area contributed by atoms with Crippen LogP contribution >= 0.6 is 43.5 Å². The first-order chi connectivity index (χ1) is 5.75. The molecule has 1 rings (SSSR count). The van der Waals surface area contributed by atoms with Gasteiger partial charge in [-0.15, -0.1) is 11.6 Å². The molecule has 0 saturated heterocycles. The summed E-state index contributed by atoms with van der Waals surface area (Å²) in [5.74, 6) is 0.482. The van der Waals surface area contributed by atoms with E-state index in [2.05, 4.69) is 31.9 Å². The van der Waals surface area contributed by atoms with Gasteiger partial charge in [0, 0.05) is 8.96 Å². The molecular weight excluding hydrogens is 303 g/mol. The first kappa shape index (κ1) is 10.3. The van der Waals surface area contributed by atoms with E-state index in [0.29, 0.717) is 5.88 Å². The van der Waals surface area contributed by atoms with Crippen molar-refractivity contribution >= 4 is 47.9 Å². The van der Waals surface area contributed by atoms with Gasteiger partial charge >= 0.3 is 0 Å². The highest BCUT2D eigenvalue weighted by atomic mass is 79.9. The molecule has 3 heteroatoms. The van der Waals surface area contributed by atoms with Crippen LogP contribution in [-0.4, -0.2) is 5.88 Å². The standard InChI is InChI=1S/C9H7Br2Cl/c10-8(6-12)9(11)7-4-2-1-3-5-7/h1-5H,6H2/b9-8+. The lowest BCUT2D eigenvalue weighted by molar-refractivity contribution is 1.63. The fourth-order valence-electron chi connectivity index (χ4n) is 0.800. The maximum atomic E-state index is 5.66. The monoisotopic (exact) mass is 308 g/mol. The zero-order valence-electron chi connectivity index (χ0n) is 6.23. The topological polar surface area (TPSA) is 0 Å². The summed E-state index contributed by atoms with van der Waals surface area (Å²) >= 11 is 12.5. The Kier molecular flexibility index (Phi) is 4.33. The van der Waals surface area contributed by atoms with Crippen LogP contribution in [0.1, 0.15) is 5.56 Å². The zero-order chi connectivity index (χ0) is 8.97. The molecule has 0 aromatic heterocycles. The minimum Gasteiger partial charge on any atom is -0.121 e. The predicted octanol–water partition coefficient (Wildman–Crippen LogP) is 4.38. The molecule has 0 aliphatic heterocycles. The minimum absolute atomic E-state index is 0.482. The maximum absolute atomic E-state index is 5.66. The van der Waals surface area contributed by atoms with Gasteiger partial charge in [0.1, 0.15) is 0 Å². The van der Waals surface area contributed by atoms with Crippen molar-refractivity contribution < 1.29 is 0 Å². The summed E-state index contributed by atoms with van der Waals surface area (Å²) in [7, 11) is 0. The summed E-state index contributed by atoms with van der Waals surface area (Å²) in [6.45, 7) is 0. The van der Waals surface area contributed by atoms with Crippen molar-refractivity contribution in [2.75, 3.05) is 5.88 Å². The van der Waals surface area contributed by atoms with Gasteiger partial charge in [-0.3, -0.25) is 0 Å². The molecule has 12 heavy (non-hydrogen) atoms. The summed E-state index contributed by atoms with van der Waals surface area (Å²) in [6.07, 6.45) is 0. The molecule has 0 saturated carbocycles. The van der Waals surface area contributed by atoms with Crippen LogP contribution in [0.15, 0.2) is 34.8 Å². The van der Waals surface area contributed by atoms with Gasteiger partial charge in [0.15, 0.2) is 0 Å². The van der Waals surface area contributed by atoms with Gasteiger partial charge in [-0.25, -0.2) is 0 Å². The summed E-state index contributed by atoms with van der Waals surface area (Å²) < 4.78 is 1.98. The maximum Gasteiger partial charge on any atom is 0.0551 e. The summed E-state index contributed by atoms with van der Waals surface area (Å²) in [5, 5.41) is 0. The number of halogens is 3. The number of hydrogen-bond acceptors (Lipinski definition) is 0. The Labute approximate surface area is 93.9 Å². The van der Waals surface area contributed by atoms with Gasteiger partial charge in [0.2, 0.25) is 0 Å². The van der Waals surface area contributed by atoms with E-state index < -0.39 is 0 Å². The summed E-state index contributed by atoms with van der Waals surface area (Å²) in [4.78, 5) is 0. The third kappa shape index (κ3) is 2.61. The molecule has 0 atom stereocenters. The number of allylic oxidation sites excluding steroid dienone is 1.